The molecule has 0 spiro atoms. The predicted molar refractivity (Wildman–Crippen MR) is 128 cm³/mol. The monoisotopic (exact) mass is 465 g/mol. The molecule has 2 aliphatic rings. The van der Waals surface area contributed by atoms with E-state index >= 15 is 0 Å². The van der Waals surface area contributed by atoms with Gasteiger partial charge in [0.1, 0.15) is 16.7 Å². The third kappa shape index (κ3) is 4.69. The lowest BCUT2D eigenvalue weighted by Gasteiger charge is -2.23. The third-order valence-electron chi connectivity index (χ3n) is 5.76. The molecular formula is C25H24ClN3O2S. The molecule has 32 heavy (non-hydrogen) atoms. The topological polar surface area (TPSA) is 64.4 Å². The van der Waals surface area contributed by atoms with E-state index in [-0.39, 0.29) is 17.4 Å². The summed E-state index contributed by atoms with van der Waals surface area (Å²) in [6, 6.07) is 18.8. The van der Waals surface area contributed by atoms with E-state index in [1.807, 2.05) is 48.5 Å². The summed E-state index contributed by atoms with van der Waals surface area (Å²) in [5.41, 5.74) is 1.56. The SMILES string of the molecule is N#C/C(C(=O)N1CCCCCC1)=C1\S[C@H](Cc2ccccc2Cl)C(=O)N1c1ccccc1. The van der Waals surface area contributed by atoms with E-state index in [1.165, 1.54) is 16.7 Å². The molecule has 2 aliphatic heterocycles. The number of para-hydroxylation sites is 1. The predicted octanol–water partition coefficient (Wildman–Crippen LogP) is 5.17. The summed E-state index contributed by atoms with van der Waals surface area (Å²) in [5, 5.41) is 10.5. The molecule has 2 aromatic rings. The quantitative estimate of drug-likeness (QED) is 0.461. The van der Waals surface area contributed by atoms with E-state index in [9.17, 15) is 14.9 Å². The normalized spacial score (nSPS) is 20.6. The highest BCUT2D eigenvalue weighted by Gasteiger charge is 2.41. The van der Waals surface area contributed by atoms with Crippen LogP contribution in [0.1, 0.15) is 31.2 Å². The Morgan fingerprint density at radius 1 is 1.03 bits per heavy atom. The number of hydrogen-bond acceptors (Lipinski definition) is 4. The van der Waals surface area contributed by atoms with Crippen molar-refractivity contribution in [3.05, 3.63) is 75.8 Å². The number of benzene rings is 2. The van der Waals surface area contributed by atoms with Gasteiger partial charge < -0.3 is 4.90 Å². The number of halogens is 1. The van der Waals surface area contributed by atoms with Crippen LogP contribution in [-0.4, -0.2) is 35.1 Å². The summed E-state index contributed by atoms with van der Waals surface area (Å²) in [6.45, 7) is 1.29. The fourth-order valence-electron chi connectivity index (χ4n) is 4.09. The van der Waals surface area contributed by atoms with Crippen molar-refractivity contribution in [2.45, 2.75) is 37.4 Å². The van der Waals surface area contributed by atoms with E-state index in [2.05, 4.69) is 6.07 Å². The van der Waals surface area contributed by atoms with Crippen LogP contribution in [0.3, 0.4) is 0 Å². The van der Waals surface area contributed by atoms with Crippen LogP contribution in [0.4, 0.5) is 5.69 Å². The molecular weight excluding hydrogens is 442 g/mol. The van der Waals surface area contributed by atoms with Crippen LogP contribution in [0.25, 0.3) is 0 Å². The summed E-state index contributed by atoms with van der Waals surface area (Å²) in [6.07, 6.45) is 4.47. The molecule has 2 aromatic carbocycles. The summed E-state index contributed by atoms with van der Waals surface area (Å²) < 4.78 is 0. The molecule has 164 valence electrons. The highest BCUT2D eigenvalue weighted by molar-refractivity contribution is 8.05. The van der Waals surface area contributed by atoms with Crippen LogP contribution < -0.4 is 4.90 Å². The van der Waals surface area contributed by atoms with Crippen LogP contribution in [-0.2, 0) is 16.0 Å². The molecule has 5 nitrogen and oxygen atoms in total. The number of thioether (sulfide) groups is 1. The molecule has 0 unspecified atom stereocenters. The Morgan fingerprint density at radius 3 is 2.34 bits per heavy atom. The third-order valence-corrected chi connectivity index (χ3v) is 7.39. The van der Waals surface area contributed by atoms with Gasteiger partial charge in [-0.2, -0.15) is 5.26 Å². The minimum absolute atomic E-state index is 0.0377. The largest absolute Gasteiger partial charge is 0.338 e. The maximum Gasteiger partial charge on any atom is 0.267 e. The summed E-state index contributed by atoms with van der Waals surface area (Å²) in [5.74, 6) is -0.434. The molecule has 0 N–H and O–H groups in total. The van der Waals surface area contributed by atoms with Gasteiger partial charge in [0.15, 0.2) is 0 Å². The van der Waals surface area contributed by atoms with Crippen molar-refractivity contribution in [1.29, 1.82) is 5.26 Å². The van der Waals surface area contributed by atoms with E-state index in [0.717, 1.165) is 31.2 Å². The van der Waals surface area contributed by atoms with Crippen molar-refractivity contribution >= 4 is 40.9 Å². The number of likely N-dealkylation sites (tertiary alicyclic amines) is 1. The zero-order valence-corrected chi connectivity index (χ0v) is 19.2. The minimum atomic E-state index is -0.467. The first-order valence-corrected chi connectivity index (χ1v) is 12.1. The second kappa shape index (κ2) is 10.2. The summed E-state index contributed by atoms with van der Waals surface area (Å²) >= 11 is 7.62. The molecule has 0 aliphatic carbocycles. The molecule has 2 saturated heterocycles. The van der Waals surface area contributed by atoms with E-state index in [4.69, 9.17) is 11.6 Å². The van der Waals surface area contributed by atoms with Gasteiger partial charge in [0.25, 0.3) is 5.91 Å². The van der Waals surface area contributed by atoms with Crippen molar-refractivity contribution in [3.63, 3.8) is 0 Å². The van der Waals surface area contributed by atoms with Crippen LogP contribution in [0.2, 0.25) is 5.02 Å². The van der Waals surface area contributed by atoms with Gasteiger partial charge in [-0.15, -0.1) is 0 Å². The first-order valence-electron chi connectivity index (χ1n) is 10.8. The Bertz CT molecular complexity index is 1070. The average Bonchev–Trinajstić information content (AvgIpc) is 2.98. The lowest BCUT2D eigenvalue weighted by Crippen LogP contribution is -2.35. The highest BCUT2D eigenvalue weighted by atomic mass is 35.5. The zero-order valence-electron chi connectivity index (χ0n) is 17.7. The van der Waals surface area contributed by atoms with E-state index in [1.54, 1.807) is 11.0 Å². The fourth-order valence-corrected chi connectivity index (χ4v) is 5.59. The number of hydrogen-bond donors (Lipinski definition) is 0. The Labute approximate surface area is 197 Å². The van der Waals surface area contributed by atoms with Crippen molar-refractivity contribution in [1.82, 2.24) is 4.90 Å². The molecule has 0 radical (unpaired) electrons. The molecule has 2 amide bonds. The van der Waals surface area contributed by atoms with Gasteiger partial charge >= 0.3 is 0 Å². The molecule has 0 bridgehead atoms. The van der Waals surface area contributed by atoms with Gasteiger partial charge in [0.2, 0.25) is 5.91 Å². The van der Waals surface area contributed by atoms with Gasteiger partial charge in [0, 0.05) is 23.8 Å². The number of carbonyl (C=O) groups excluding carboxylic acids is 2. The standard InChI is InChI=1S/C25H24ClN3O2S/c26-21-13-7-6-10-18(21)16-22-24(31)29(19-11-4-3-5-12-19)25(32-22)20(17-27)23(30)28-14-8-1-2-9-15-28/h3-7,10-13,22H,1-2,8-9,14-16H2/b25-20+/t22-/m1/s1. The van der Waals surface area contributed by atoms with Crippen molar-refractivity contribution < 1.29 is 9.59 Å². The number of carbonyl (C=O) groups is 2. The van der Waals surface area contributed by atoms with Gasteiger partial charge in [-0.3, -0.25) is 14.5 Å². The Hall–Kier alpha value is -2.75. The molecule has 0 saturated carbocycles. The van der Waals surface area contributed by atoms with Crippen molar-refractivity contribution in [2.75, 3.05) is 18.0 Å². The van der Waals surface area contributed by atoms with E-state index in [0.29, 0.717) is 35.2 Å². The van der Waals surface area contributed by atoms with Gasteiger partial charge in [0.05, 0.1) is 5.25 Å². The molecule has 4 rings (SSSR count). The fraction of sp³-hybridized carbons (Fsp3) is 0.320. The minimum Gasteiger partial charge on any atom is -0.338 e. The lowest BCUT2D eigenvalue weighted by atomic mass is 10.1. The maximum absolute atomic E-state index is 13.5. The van der Waals surface area contributed by atoms with Gasteiger partial charge in [-0.25, -0.2) is 0 Å². The molecule has 1 atom stereocenters. The number of anilines is 1. The first kappa shape index (κ1) is 22.4. The number of rotatable bonds is 4. The first-order chi connectivity index (χ1) is 15.6. The smallest absolute Gasteiger partial charge is 0.267 e. The molecule has 2 fully saturated rings. The van der Waals surface area contributed by atoms with Crippen LogP contribution >= 0.6 is 23.4 Å². The van der Waals surface area contributed by atoms with Gasteiger partial charge in [-0.05, 0) is 43.0 Å². The Kier molecular flexibility index (Phi) is 7.19. The van der Waals surface area contributed by atoms with Crippen LogP contribution in [0.15, 0.2) is 65.2 Å². The second-order valence-corrected chi connectivity index (χ2v) is 9.51. The van der Waals surface area contributed by atoms with Crippen LogP contribution in [0.5, 0.6) is 0 Å². The number of nitriles is 1. The highest BCUT2D eigenvalue weighted by Crippen LogP contribution is 2.42. The molecule has 2 heterocycles. The summed E-state index contributed by atoms with van der Waals surface area (Å²) in [4.78, 5) is 30.1. The summed E-state index contributed by atoms with van der Waals surface area (Å²) in [7, 11) is 0. The molecule has 7 heteroatoms. The lowest BCUT2D eigenvalue weighted by molar-refractivity contribution is -0.126. The second-order valence-electron chi connectivity index (χ2n) is 7.91. The van der Waals surface area contributed by atoms with E-state index < -0.39 is 5.25 Å². The van der Waals surface area contributed by atoms with Crippen molar-refractivity contribution in [2.24, 2.45) is 0 Å². The molecule has 0 aromatic heterocycles. The average molecular weight is 466 g/mol. The van der Waals surface area contributed by atoms with Crippen molar-refractivity contribution in [3.8, 4) is 6.07 Å². The maximum atomic E-state index is 13.5. The zero-order chi connectivity index (χ0) is 22.5. The Morgan fingerprint density at radius 2 is 1.69 bits per heavy atom. The number of nitrogens with zero attached hydrogens (tertiary/aromatic N) is 3. The Balaban J connectivity index is 1.72. The van der Waals surface area contributed by atoms with Crippen LogP contribution in [0, 0.1) is 11.3 Å². The van der Waals surface area contributed by atoms with Gasteiger partial charge in [-0.1, -0.05) is 72.6 Å². The number of amides is 2.